The maximum absolute atomic E-state index is 13.1. The highest BCUT2D eigenvalue weighted by molar-refractivity contribution is 7.47. The number of rotatable bonds is 84. The minimum absolute atomic E-state index is 0.107. The van der Waals surface area contributed by atoms with Gasteiger partial charge in [0.15, 0.2) is 12.2 Å². The average molecular weight is 1550 g/mol. The van der Waals surface area contributed by atoms with Gasteiger partial charge in [0.05, 0.1) is 26.4 Å². The van der Waals surface area contributed by atoms with Gasteiger partial charge in [-0.15, -0.1) is 0 Å². The standard InChI is InChI=1S/C87H170O17P2/c1-77(2)63-55-47-39-32-26-20-14-9-11-17-23-29-35-43-51-59-67-84(89)97-73-82(103-86(91)69-62-54-45-37-31-25-19-13-16-22-28-34-41-49-57-65-79(5)6)75-101-105(93,94)99-71-81(88)72-100-106(95,96)102-76-83(74-98-85(90)68-60-52-46-38-42-50-58-66-80(7)8)104-87(92)70-61-53-44-36-30-24-18-12-10-15-21-27-33-40-48-56-64-78(3)4/h77-83,88H,9-76H2,1-8H3,(H,93,94)(H,95,96)/t81?,82-,83-/m1/s1. The number of phosphoric ester groups is 2. The van der Waals surface area contributed by atoms with Crippen molar-refractivity contribution in [1.29, 1.82) is 0 Å². The van der Waals surface area contributed by atoms with Crippen LogP contribution >= 0.6 is 15.6 Å². The summed E-state index contributed by atoms with van der Waals surface area (Å²) in [6.07, 6.45) is 65.4. The molecule has 0 saturated heterocycles. The molecule has 0 fully saturated rings. The SMILES string of the molecule is CC(C)CCCCCCCCCCCCCCCCCCC(=O)OC[C@H](COP(=O)(O)OCC(O)COP(=O)(O)OC[C@@H](COC(=O)CCCCCCCCCC(C)C)OC(=O)CCCCCCCCCCCCCCCCCCC(C)C)OC(=O)CCCCCCCCCCCCCCCCCC(C)C. The molecular formula is C87H170O17P2. The Bertz CT molecular complexity index is 2060. The molecule has 0 aliphatic rings. The minimum Gasteiger partial charge on any atom is -0.462 e. The van der Waals surface area contributed by atoms with E-state index in [1.54, 1.807) is 0 Å². The van der Waals surface area contributed by atoms with E-state index in [0.29, 0.717) is 31.6 Å². The second-order valence-electron chi connectivity index (χ2n) is 33.2. The normalized spacial score (nSPS) is 13.9. The van der Waals surface area contributed by atoms with Crippen molar-refractivity contribution < 1.29 is 80.2 Å². The van der Waals surface area contributed by atoms with Gasteiger partial charge in [0.25, 0.3) is 0 Å². The number of aliphatic hydroxyl groups is 1. The van der Waals surface area contributed by atoms with Crippen LogP contribution in [0.25, 0.3) is 0 Å². The topological polar surface area (TPSA) is 237 Å². The van der Waals surface area contributed by atoms with E-state index in [9.17, 15) is 43.2 Å². The van der Waals surface area contributed by atoms with Crippen LogP contribution in [0.4, 0.5) is 0 Å². The van der Waals surface area contributed by atoms with Crippen LogP contribution in [0.2, 0.25) is 0 Å². The molecule has 0 rings (SSSR count). The first-order valence-corrected chi connectivity index (χ1v) is 47.7. The van der Waals surface area contributed by atoms with E-state index < -0.39 is 97.5 Å². The molecule has 3 N–H and O–H groups in total. The first kappa shape index (κ1) is 104. The van der Waals surface area contributed by atoms with E-state index in [2.05, 4.69) is 55.4 Å². The van der Waals surface area contributed by atoms with E-state index in [4.69, 9.17) is 37.0 Å². The van der Waals surface area contributed by atoms with Crippen LogP contribution in [0.1, 0.15) is 453 Å². The molecule has 0 spiro atoms. The van der Waals surface area contributed by atoms with Crippen molar-refractivity contribution in [3.05, 3.63) is 0 Å². The second kappa shape index (κ2) is 75.7. The Hall–Kier alpha value is -1.94. The van der Waals surface area contributed by atoms with Gasteiger partial charge >= 0.3 is 39.5 Å². The molecule has 0 aromatic heterocycles. The van der Waals surface area contributed by atoms with Crippen molar-refractivity contribution in [1.82, 2.24) is 0 Å². The van der Waals surface area contributed by atoms with Crippen LogP contribution in [0.5, 0.6) is 0 Å². The van der Waals surface area contributed by atoms with Crippen molar-refractivity contribution >= 4 is 39.5 Å². The van der Waals surface area contributed by atoms with Gasteiger partial charge in [-0.25, -0.2) is 9.13 Å². The summed E-state index contributed by atoms with van der Waals surface area (Å²) in [6, 6.07) is 0. The Balaban J connectivity index is 5.23. The lowest BCUT2D eigenvalue weighted by atomic mass is 10.0. The number of carbonyl (C=O) groups excluding carboxylic acids is 4. The summed E-state index contributed by atoms with van der Waals surface area (Å²) in [7, 11) is -9.93. The summed E-state index contributed by atoms with van der Waals surface area (Å²) in [5.41, 5.74) is 0. The summed E-state index contributed by atoms with van der Waals surface area (Å²) >= 11 is 0. The molecule has 0 aliphatic heterocycles. The van der Waals surface area contributed by atoms with Crippen LogP contribution in [-0.4, -0.2) is 96.7 Å². The summed E-state index contributed by atoms with van der Waals surface area (Å²) in [5, 5.41) is 10.7. The van der Waals surface area contributed by atoms with Crippen LogP contribution in [-0.2, 0) is 65.4 Å². The number of hydrogen-bond donors (Lipinski definition) is 3. The summed E-state index contributed by atoms with van der Waals surface area (Å²) in [4.78, 5) is 73.2. The van der Waals surface area contributed by atoms with Gasteiger partial charge in [0.1, 0.15) is 19.3 Å². The van der Waals surface area contributed by atoms with Crippen molar-refractivity contribution in [3.8, 4) is 0 Å². The molecule has 3 unspecified atom stereocenters. The van der Waals surface area contributed by atoms with Gasteiger partial charge in [0, 0.05) is 25.7 Å². The van der Waals surface area contributed by atoms with Crippen molar-refractivity contribution in [2.24, 2.45) is 23.7 Å². The van der Waals surface area contributed by atoms with E-state index >= 15 is 0 Å². The molecule has 630 valence electrons. The summed E-state index contributed by atoms with van der Waals surface area (Å²) in [6.45, 7) is 14.3. The van der Waals surface area contributed by atoms with E-state index in [-0.39, 0.29) is 25.7 Å². The number of hydrogen-bond acceptors (Lipinski definition) is 15. The zero-order valence-corrected chi connectivity index (χ0v) is 71.9. The summed E-state index contributed by atoms with van der Waals surface area (Å²) in [5.74, 6) is 1.02. The predicted molar refractivity (Wildman–Crippen MR) is 437 cm³/mol. The lowest BCUT2D eigenvalue weighted by Crippen LogP contribution is -2.30. The molecule has 0 bridgehead atoms. The zero-order chi connectivity index (χ0) is 78.1. The van der Waals surface area contributed by atoms with E-state index in [1.807, 2.05) is 0 Å². The fraction of sp³-hybridized carbons (Fsp3) is 0.954. The highest BCUT2D eigenvalue weighted by Gasteiger charge is 2.31. The van der Waals surface area contributed by atoms with Crippen LogP contribution in [0, 0.1) is 23.7 Å². The van der Waals surface area contributed by atoms with Gasteiger partial charge in [-0.3, -0.25) is 37.3 Å². The van der Waals surface area contributed by atoms with Crippen molar-refractivity contribution in [2.45, 2.75) is 472 Å². The van der Waals surface area contributed by atoms with Gasteiger partial charge in [-0.1, -0.05) is 402 Å². The zero-order valence-electron chi connectivity index (χ0n) is 70.1. The maximum atomic E-state index is 13.1. The minimum atomic E-state index is -4.97. The Morgan fingerprint density at radius 2 is 0.396 bits per heavy atom. The van der Waals surface area contributed by atoms with Gasteiger partial charge in [-0.05, 0) is 49.4 Å². The smallest absolute Gasteiger partial charge is 0.462 e. The number of ether oxygens (including phenoxy) is 4. The Morgan fingerprint density at radius 1 is 0.236 bits per heavy atom. The van der Waals surface area contributed by atoms with E-state index in [1.165, 1.54) is 250 Å². The Labute approximate surface area is 651 Å². The predicted octanol–water partition coefficient (Wildman–Crippen LogP) is 26.3. The number of esters is 4. The quantitative estimate of drug-likeness (QED) is 0.0222. The van der Waals surface area contributed by atoms with E-state index in [0.717, 1.165) is 114 Å². The Morgan fingerprint density at radius 3 is 0.585 bits per heavy atom. The first-order chi connectivity index (χ1) is 51.1. The van der Waals surface area contributed by atoms with Crippen molar-refractivity contribution in [2.75, 3.05) is 39.6 Å². The fourth-order valence-electron chi connectivity index (χ4n) is 13.5. The van der Waals surface area contributed by atoms with Crippen LogP contribution in [0.15, 0.2) is 0 Å². The molecule has 17 nitrogen and oxygen atoms in total. The molecular weight excluding hydrogens is 1380 g/mol. The number of aliphatic hydroxyl groups excluding tert-OH is 1. The van der Waals surface area contributed by atoms with Crippen molar-refractivity contribution in [3.63, 3.8) is 0 Å². The highest BCUT2D eigenvalue weighted by Crippen LogP contribution is 2.45. The molecule has 0 aliphatic carbocycles. The monoisotopic (exact) mass is 1550 g/mol. The largest absolute Gasteiger partial charge is 0.472 e. The van der Waals surface area contributed by atoms with Gasteiger partial charge < -0.3 is 33.8 Å². The molecule has 0 amide bonds. The molecule has 0 radical (unpaired) electrons. The fourth-order valence-corrected chi connectivity index (χ4v) is 15.1. The molecule has 0 heterocycles. The van der Waals surface area contributed by atoms with Gasteiger partial charge in [-0.2, -0.15) is 0 Å². The third-order valence-corrected chi connectivity index (χ3v) is 22.2. The molecule has 0 aromatic carbocycles. The molecule has 0 aromatic rings. The molecule has 106 heavy (non-hydrogen) atoms. The second-order valence-corrected chi connectivity index (χ2v) is 36.1. The Kier molecular flexibility index (Phi) is 74.3. The maximum Gasteiger partial charge on any atom is 0.472 e. The highest BCUT2D eigenvalue weighted by atomic mass is 31.2. The van der Waals surface area contributed by atoms with Crippen LogP contribution < -0.4 is 0 Å². The third kappa shape index (κ3) is 80.1. The molecule has 19 heteroatoms. The lowest BCUT2D eigenvalue weighted by molar-refractivity contribution is -0.161. The third-order valence-electron chi connectivity index (χ3n) is 20.3. The average Bonchev–Trinajstić information content (AvgIpc) is 0.902. The number of unbranched alkanes of at least 4 members (excludes halogenated alkanes) is 50. The van der Waals surface area contributed by atoms with Crippen LogP contribution in [0.3, 0.4) is 0 Å². The molecule has 0 saturated carbocycles. The number of carbonyl (C=O) groups is 4. The first-order valence-electron chi connectivity index (χ1n) is 44.7. The summed E-state index contributed by atoms with van der Waals surface area (Å²) < 4.78 is 68.9. The van der Waals surface area contributed by atoms with Gasteiger partial charge in [0.2, 0.25) is 0 Å². The lowest BCUT2D eigenvalue weighted by Gasteiger charge is -2.21. The molecule has 5 atom stereocenters. The number of phosphoric acid groups is 2.